The fourth-order valence-electron chi connectivity index (χ4n) is 3.42. The van der Waals surface area contributed by atoms with Crippen LogP contribution in [0, 0.1) is 0 Å². The van der Waals surface area contributed by atoms with Crippen molar-refractivity contribution in [3.05, 3.63) is 36.7 Å². The van der Waals surface area contributed by atoms with Crippen LogP contribution >= 0.6 is 0 Å². The van der Waals surface area contributed by atoms with Crippen LogP contribution in [-0.4, -0.2) is 44.3 Å². The van der Waals surface area contributed by atoms with Gasteiger partial charge in [0.2, 0.25) is 0 Å². The Hall–Kier alpha value is -2.41. The third-order valence-electron chi connectivity index (χ3n) is 4.70. The summed E-state index contributed by atoms with van der Waals surface area (Å²) in [6, 6.07) is 4.22. The molecule has 1 aliphatic rings. The Labute approximate surface area is 140 Å². The van der Waals surface area contributed by atoms with E-state index in [2.05, 4.69) is 31.3 Å². The van der Waals surface area contributed by atoms with Crippen LogP contribution in [0.5, 0.6) is 0 Å². The lowest BCUT2D eigenvalue weighted by Gasteiger charge is -2.33. The molecule has 7 heteroatoms. The van der Waals surface area contributed by atoms with Crippen molar-refractivity contribution in [1.29, 1.82) is 0 Å². The lowest BCUT2D eigenvalue weighted by molar-refractivity contribution is 0.153. The zero-order valence-electron chi connectivity index (χ0n) is 13.9. The van der Waals surface area contributed by atoms with Gasteiger partial charge in [-0.2, -0.15) is 5.10 Å². The van der Waals surface area contributed by atoms with Crippen molar-refractivity contribution in [2.45, 2.75) is 25.3 Å². The largest absolute Gasteiger partial charge is 0.468 e. The maximum Gasteiger partial charge on any atom is 0.163 e. The summed E-state index contributed by atoms with van der Waals surface area (Å²) in [4.78, 5) is 11.2. The first-order valence-corrected chi connectivity index (χ1v) is 8.47. The first-order chi connectivity index (χ1) is 11.8. The molecule has 3 aromatic heterocycles. The van der Waals surface area contributed by atoms with E-state index in [1.165, 1.54) is 19.3 Å². The van der Waals surface area contributed by atoms with Gasteiger partial charge in [0, 0.05) is 13.6 Å². The number of rotatable bonds is 5. The molecule has 4 heterocycles. The molecule has 126 valence electrons. The quantitative estimate of drug-likeness (QED) is 0.777. The number of hydrogen-bond acceptors (Lipinski definition) is 6. The molecule has 1 aliphatic heterocycles. The smallest absolute Gasteiger partial charge is 0.163 e. The van der Waals surface area contributed by atoms with E-state index in [0.717, 1.165) is 42.2 Å². The average Bonchev–Trinajstić information content (AvgIpc) is 3.27. The van der Waals surface area contributed by atoms with Gasteiger partial charge in [-0.25, -0.2) is 9.97 Å². The van der Waals surface area contributed by atoms with Gasteiger partial charge in [-0.15, -0.1) is 0 Å². The highest BCUT2D eigenvalue weighted by Crippen LogP contribution is 2.26. The van der Waals surface area contributed by atoms with E-state index in [-0.39, 0.29) is 6.04 Å². The maximum absolute atomic E-state index is 5.70. The zero-order valence-corrected chi connectivity index (χ0v) is 13.9. The molecule has 3 aromatic rings. The van der Waals surface area contributed by atoms with Crippen molar-refractivity contribution >= 4 is 16.9 Å². The molecule has 1 atom stereocenters. The number of anilines is 1. The van der Waals surface area contributed by atoms with Crippen molar-refractivity contribution in [2.24, 2.45) is 7.05 Å². The van der Waals surface area contributed by atoms with Crippen LogP contribution in [0.25, 0.3) is 11.0 Å². The number of nitrogens with zero attached hydrogens (tertiary/aromatic N) is 5. The molecular formula is C17H22N6O. The summed E-state index contributed by atoms with van der Waals surface area (Å²) < 4.78 is 7.46. The lowest BCUT2D eigenvalue weighted by Crippen LogP contribution is -2.37. The van der Waals surface area contributed by atoms with E-state index in [1.807, 2.05) is 13.1 Å². The van der Waals surface area contributed by atoms with Crippen LogP contribution in [0.4, 0.5) is 5.82 Å². The Morgan fingerprint density at radius 3 is 2.92 bits per heavy atom. The second-order valence-corrected chi connectivity index (χ2v) is 6.24. The highest BCUT2D eigenvalue weighted by atomic mass is 16.3. The van der Waals surface area contributed by atoms with E-state index < -0.39 is 0 Å². The summed E-state index contributed by atoms with van der Waals surface area (Å²) in [6.07, 6.45) is 8.94. The molecule has 1 saturated heterocycles. The summed E-state index contributed by atoms with van der Waals surface area (Å²) in [6.45, 7) is 2.97. The summed E-state index contributed by atoms with van der Waals surface area (Å²) in [5.41, 5.74) is 0.833. The zero-order chi connectivity index (χ0) is 16.4. The second-order valence-electron chi connectivity index (χ2n) is 6.24. The van der Waals surface area contributed by atoms with Gasteiger partial charge >= 0.3 is 0 Å². The minimum absolute atomic E-state index is 0.210. The van der Waals surface area contributed by atoms with E-state index in [1.54, 1.807) is 23.5 Å². The highest BCUT2D eigenvalue weighted by molar-refractivity contribution is 5.85. The normalized spacial score (nSPS) is 17.2. The van der Waals surface area contributed by atoms with Gasteiger partial charge in [-0.3, -0.25) is 9.58 Å². The number of aryl methyl sites for hydroxylation is 1. The van der Waals surface area contributed by atoms with Crippen LogP contribution < -0.4 is 5.32 Å². The molecule has 7 nitrogen and oxygen atoms in total. The highest BCUT2D eigenvalue weighted by Gasteiger charge is 2.24. The van der Waals surface area contributed by atoms with Gasteiger partial charge in [0.05, 0.1) is 23.9 Å². The summed E-state index contributed by atoms with van der Waals surface area (Å²) >= 11 is 0. The number of aromatic nitrogens is 4. The molecule has 0 saturated carbocycles. The number of likely N-dealkylation sites (tertiary alicyclic amines) is 1. The average molecular weight is 326 g/mol. The molecule has 1 N–H and O–H groups in total. The third kappa shape index (κ3) is 2.87. The first-order valence-electron chi connectivity index (χ1n) is 8.47. The van der Waals surface area contributed by atoms with Gasteiger partial charge in [0.1, 0.15) is 17.9 Å². The second kappa shape index (κ2) is 6.60. The molecule has 0 aliphatic carbocycles. The van der Waals surface area contributed by atoms with E-state index in [9.17, 15) is 0 Å². The number of furan rings is 1. The fourth-order valence-corrected chi connectivity index (χ4v) is 3.42. The fraction of sp³-hybridized carbons (Fsp3) is 0.471. The molecule has 1 unspecified atom stereocenters. The SMILES string of the molecule is Cn1ncc2c(NCC(c3ccco3)N3CCCCC3)ncnc21. The van der Waals surface area contributed by atoms with E-state index in [4.69, 9.17) is 4.42 Å². The van der Waals surface area contributed by atoms with Gasteiger partial charge < -0.3 is 9.73 Å². The molecule has 0 amide bonds. The Morgan fingerprint density at radius 1 is 1.25 bits per heavy atom. The molecule has 1 fully saturated rings. The topological polar surface area (TPSA) is 72.0 Å². The Kier molecular flexibility index (Phi) is 4.17. The van der Waals surface area contributed by atoms with Crippen LogP contribution in [0.2, 0.25) is 0 Å². The maximum atomic E-state index is 5.70. The lowest BCUT2D eigenvalue weighted by atomic mass is 10.1. The van der Waals surface area contributed by atoms with Gasteiger partial charge in [0.25, 0.3) is 0 Å². The Morgan fingerprint density at radius 2 is 2.12 bits per heavy atom. The van der Waals surface area contributed by atoms with Crippen LogP contribution in [0.15, 0.2) is 35.3 Å². The Bertz CT molecular complexity index is 791. The Balaban J connectivity index is 1.56. The number of nitrogens with one attached hydrogen (secondary N) is 1. The van der Waals surface area contributed by atoms with Crippen molar-refractivity contribution in [1.82, 2.24) is 24.6 Å². The monoisotopic (exact) mass is 326 g/mol. The van der Waals surface area contributed by atoms with Gasteiger partial charge in [0.15, 0.2) is 5.65 Å². The first kappa shape index (κ1) is 15.1. The molecule has 0 spiro atoms. The van der Waals surface area contributed by atoms with Gasteiger partial charge in [-0.05, 0) is 38.1 Å². The van der Waals surface area contributed by atoms with Crippen LogP contribution in [0.1, 0.15) is 31.1 Å². The van der Waals surface area contributed by atoms with Crippen LogP contribution in [-0.2, 0) is 7.05 Å². The predicted molar refractivity (Wildman–Crippen MR) is 91.7 cm³/mol. The third-order valence-corrected chi connectivity index (χ3v) is 4.70. The van der Waals surface area contributed by atoms with E-state index >= 15 is 0 Å². The van der Waals surface area contributed by atoms with Gasteiger partial charge in [-0.1, -0.05) is 6.42 Å². The summed E-state index contributed by atoms with van der Waals surface area (Å²) in [5.74, 6) is 1.82. The number of fused-ring (bicyclic) bond motifs is 1. The minimum atomic E-state index is 0.210. The molecule has 0 radical (unpaired) electrons. The number of piperidine rings is 1. The summed E-state index contributed by atoms with van der Waals surface area (Å²) in [5, 5.41) is 8.69. The standard InChI is InChI=1S/C17H22N6O/c1-22-17-13(10-21-22)16(19-12-20-17)18-11-14(15-6-5-9-24-15)23-7-3-2-4-8-23/h5-6,9-10,12,14H,2-4,7-8,11H2,1H3,(H,18,19,20). The van der Waals surface area contributed by atoms with Crippen molar-refractivity contribution in [3.63, 3.8) is 0 Å². The molecule has 24 heavy (non-hydrogen) atoms. The predicted octanol–water partition coefficient (Wildman–Crippen LogP) is 2.60. The van der Waals surface area contributed by atoms with Crippen molar-refractivity contribution in [3.8, 4) is 0 Å². The summed E-state index contributed by atoms with van der Waals surface area (Å²) in [7, 11) is 1.89. The molecule has 4 rings (SSSR count). The molecule has 0 bridgehead atoms. The minimum Gasteiger partial charge on any atom is -0.468 e. The van der Waals surface area contributed by atoms with E-state index in [0.29, 0.717) is 0 Å². The molecular weight excluding hydrogens is 304 g/mol. The number of hydrogen-bond donors (Lipinski definition) is 1. The molecule has 0 aromatic carbocycles. The van der Waals surface area contributed by atoms with Crippen LogP contribution in [0.3, 0.4) is 0 Å². The van der Waals surface area contributed by atoms with Crippen molar-refractivity contribution in [2.75, 3.05) is 25.0 Å². The van der Waals surface area contributed by atoms with Crippen molar-refractivity contribution < 1.29 is 4.42 Å².